The molecule has 0 saturated carbocycles. The topological polar surface area (TPSA) is 42.0 Å². The average molecular weight is 348 g/mol. The molecule has 2 rings (SSSR count). The molecule has 0 aliphatic heterocycles. The van der Waals surface area contributed by atoms with Gasteiger partial charge >= 0.3 is 0 Å². The maximum atomic E-state index is 13.5. The monoisotopic (exact) mass is 346 g/mol. The first kappa shape index (κ1) is 13.9. The van der Waals surface area contributed by atoms with E-state index in [2.05, 4.69) is 26.2 Å². The smallest absolute Gasteiger partial charge is 0.274 e. The highest BCUT2D eigenvalue weighted by Gasteiger charge is 2.15. The molecule has 0 bridgehead atoms. The van der Waals surface area contributed by atoms with Crippen LogP contribution in [0.5, 0.6) is 0 Å². The summed E-state index contributed by atoms with van der Waals surface area (Å²) in [4.78, 5) is 15.5. The van der Waals surface area contributed by atoms with Crippen LogP contribution in [-0.2, 0) is 0 Å². The van der Waals surface area contributed by atoms with Gasteiger partial charge in [-0.25, -0.2) is 13.8 Å². The first-order valence-corrected chi connectivity index (χ1v) is 6.22. The van der Waals surface area contributed by atoms with Gasteiger partial charge in [0, 0.05) is 10.7 Å². The Bertz CT molecular complexity index is 611. The van der Waals surface area contributed by atoms with Gasteiger partial charge in [0.25, 0.3) is 5.91 Å². The molecule has 1 aromatic heterocycles. The fraction of sp³-hybridized carbons (Fsp3) is 0. The van der Waals surface area contributed by atoms with Crippen LogP contribution < -0.4 is 5.32 Å². The van der Waals surface area contributed by atoms with Gasteiger partial charge in [-0.15, -0.1) is 0 Å². The Morgan fingerprint density at radius 1 is 1.26 bits per heavy atom. The van der Waals surface area contributed by atoms with Gasteiger partial charge in [0.05, 0.1) is 5.02 Å². The van der Waals surface area contributed by atoms with E-state index < -0.39 is 23.2 Å². The van der Waals surface area contributed by atoms with E-state index >= 15 is 0 Å². The number of nitrogens with zero attached hydrogens (tertiary/aromatic N) is 1. The fourth-order valence-electron chi connectivity index (χ4n) is 1.35. The number of carbonyl (C=O) groups is 1. The Kier molecular flexibility index (Phi) is 4.11. The van der Waals surface area contributed by atoms with E-state index in [0.29, 0.717) is 5.02 Å². The minimum Gasteiger partial charge on any atom is -0.316 e. The van der Waals surface area contributed by atoms with Crippen LogP contribution in [0.25, 0.3) is 0 Å². The van der Waals surface area contributed by atoms with E-state index in [9.17, 15) is 13.6 Å². The van der Waals surface area contributed by atoms with Crippen molar-refractivity contribution in [1.29, 1.82) is 0 Å². The molecule has 19 heavy (non-hydrogen) atoms. The molecule has 1 amide bonds. The predicted octanol–water partition coefficient (Wildman–Crippen LogP) is 4.03. The molecule has 0 spiro atoms. The SMILES string of the molecule is O=C(Nc1c(F)cc(Br)cc1F)c1ccc(Cl)cn1. The molecule has 0 aliphatic rings. The summed E-state index contributed by atoms with van der Waals surface area (Å²) in [5, 5.41) is 2.48. The summed E-state index contributed by atoms with van der Waals surface area (Å²) < 4.78 is 27.3. The van der Waals surface area contributed by atoms with Gasteiger partial charge in [-0.1, -0.05) is 27.5 Å². The standard InChI is InChI=1S/C12H6BrClF2N2O/c13-6-3-8(15)11(9(16)4-6)18-12(19)10-2-1-7(14)5-17-10/h1-5H,(H,18,19). The lowest BCUT2D eigenvalue weighted by atomic mass is 10.2. The molecule has 1 aromatic carbocycles. The second-order valence-corrected chi connectivity index (χ2v) is 4.91. The molecule has 0 saturated heterocycles. The molecule has 7 heteroatoms. The van der Waals surface area contributed by atoms with E-state index in [1.807, 2.05) is 0 Å². The number of nitrogens with one attached hydrogen (secondary N) is 1. The van der Waals surface area contributed by atoms with E-state index in [0.717, 1.165) is 12.1 Å². The van der Waals surface area contributed by atoms with Gasteiger partial charge in [-0.05, 0) is 24.3 Å². The lowest BCUT2D eigenvalue weighted by Crippen LogP contribution is -2.15. The fourth-order valence-corrected chi connectivity index (χ4v) is 1.86. The maximum absolute atomic E-state index is 13.5. The molecule has 0 unspecified atom stereocenters. The summed E-state index contributed by atoms with van der Waals surface area (Å²) in [7, 11) is 0. The zero-order valence-electron chi connectivity index (χ0n) is 9.25. The molecule has 1 N–H and O–H groups in total. The lowest BCUT2D eigenvalue weighted by Gasteiger charge is -2.07. The van der Waals surface area contributed by atoms with Crippen molar-refractivity contribution in [3.8, 4) is 0 Å². The molecule has 98 valence electrons. The molecule has 1 heterocycles. The lowest BCUT2D eigenvalue weighted by molar-refractivity contribution is 0.102. The summed E-state index contributed by atoms with van der Waals surface area (Å²) in [6.07, 6.45) is 1.27. The van der Waals surface area contributed by atoms with Gasteiger partial charge < -0.3 is 5.32 Å². The number of hydrogen-bond acceptors (Lipinski definition) is 2. The number of pyridine rings is 1. The molecule has 0 radical (unpaired) electrons. The summed E-state index contributed by atoms with van der Waals surface area (Å²) >= 11 is 8.57. The van der Waals surface area contributed by atoms with Crippen LogP contribution in [0.3, 0.4) is 0 Å². The Balaban J connectivity index is 2.26. The largest absolute Gasteiger partial charge is 0.316 e. The number of carbonyl (C=O) groups excluding carboxylic acids is 1. The van der Waals surface area contributed by atoms with Gasteiger partial charge in [0.2, 0.25) is 0 Å². The van der Waals surface area contributed by atoms with Crippen molar-refractivity contribution in [3.05, 3.63) is 57.3 Å². The normalized spacial score (nSPS) is 10.3. The van der Waals surface area contributed by atoms with Gasteiger partial charge in [0.15, 0.2) is 11.6 Å². The summed E-state index contributed by atoms with van der Waals surface area (Å²) in [6, 6.07) is 4.91. The Labute approximate surface area is 120 Å². The number of rotatable bonds is 2. The zero-order valence-corrected chi connectivity index (χ0v) is 11.6. The molecule has 0 aliphatic carbocycles. The van der Waals surface area contributed by atoms with Gasteiger partial charge in [-0.3, -0.25) is 4.79 Å². The zero-order chi connectivity index (χ0) is 14.0. The Morgan fingerprint density at radius 3 is 2.42 bits per heavy atom. The van der Waals surface area contributed by atoms with E-state index in [1.54, 1.807) is 0 Å². The summed E-state index contributed by atoms with van der Waals surface area (Å²) in [6.45, 7) is 0. The number of hydrogen-bond donors (Lipinski definition) is 1. The highest BCUT2D eigenvalue weighted by atomic mass is 79.9. The predicted molar refractivity (Wildman–Crippen MR) is 71.3 cm³/mol. The van der Waals surface area contributed by atoms with Gasteiger partial charge in [-0.2, -0.15) is 0 Å². The molecular formula is C12H6BrClF2N2O. The van der Waals surface area contributed by atoms with Crippen molar-refractivity contribution < 1.29 is 13.6 Å². The molecule has 3 nitrogen and oxygen atoms in total. The van der Waals surface area contributed by atoms with Crippen LogP contribution in [0.15, 0.2) is 34.9 Å². The van der Waals surface area contributed by atoms with E-state index in [4.69, 9.17) is 11.6 Å². The van der Waals surface area contributed by atoms with E-state index in [1.165, 1.54) is 18.3 Å². The third-order valence-corrected chi connectivity index (χ3v) is 2.89. The van der Waals surface area contributed by atoms with Crippen molar-refractivity contribution in [2.24, 2.45) is 0 Å². The summed E-state index contributed by atoms with van der Waals surface area (Å²) in [5.41, 5.74) is -0.518. The van der Waals surface area contributed by atoms with Crippen LogP contribution in [0, 0.1) is 11.6 Å². The van der Waals surface area contributed by atoms with Crippen LogP contribution in [0.4, 0.5) is 14.5 Å². The number of benzene rings is 1. The molecular weight excluding hydrogens is 341 g/mol. The van der Waals surface area contributed by atoms with Crippen LogP contribution >= 0.6 is 27.5 Å². The molecule has 2 aromatic rings. The number of amides is 1. The highest BCUT2D eigenvalue weighted by Crippen LogP contribution is 2.24. The third-order valence-electron chi connectivity index (χ3n) is 2.21. The van der Waals surface area contributed by atoms with Crippen molar-refractivity contribution >= 4 is 39.1 Å². The van der Waals surface area contributed by atoms with Crippen molar-refractivity contribution in [1.82, 2.24) is 4.98 Å². The number of anilines is 1. The van der Waals surface area contributed by atoms with Crippen LogP contribution in [0.1, 0.15) is 10.5 Å². The number of halogens is 4. The molecule has 0 fully saturated rings. The van der Waals surface area contributed by atoms with Crippen LogP contribution in [-0.4, -0.2) is 10.9 Å². The minimum absolute atomic E-state index is 0.00567. The maximum Gasteiger partial charge on any atom is 0.274 e. The van der Waals surface area contributed by atoms with Crippen molar-refractivity contribution in [3.63, 3.8) is 0 Å². The second kappa shape index (κ2) is 5.63. The second-order valence-electron chi connectivity index (χ2n) is 3.56. The van der Waals surface area contributed by atoms with Crippen molar-refractivity contribution in [2.75, 3.05) is 5.32 Å². The van der Waals surface area contributed by atoms with Crippen molar-refractivity contribution in [2.45, 2.75) is 0 Å². The quantitative estimate of drug-likeness (QED) is 0.891. The first-order valence-electron chi connectivity index (χ1n) is 5.05. The summed E-state index contributed by atoms with van der Waals surface area (Å²) in [5.74, 6) is -2.49. The minimum atomic E-state index is -0.880. The third kappa shape index (κ3) is 3.27. The highest BCUT2D eigenvalue weighted by molar-refractivity contribution is 9.10. The Hall–Kier alpha value is -1.53. The van der Waals surface area contributed by atoms with Gasteiger partial charge in [0.1, 0.15) is 11.4 Å². The van der Waals surface area contributed by atoms with E-state index in [-0.39, 0.29) is 10.2 Å². The molecule has 0 atom stereocenters. The number of aromatic nitrogens is 1. The Morgan fingerprint density at radius 2 is 1.89 bits per heavy atom. The van der Waals surface area contributed by atoms with Crippen LogP contribution in [0.2, 0.25) is 5.02 Å². The first-order chi connectivity index (χ1) is 8.97. The average Bonchev–Trinajstić information content (AvgIpc) is 2.34.